The minimum Gasteiger partial charge on any atom is -0.485 e. The second kappa shape index (κ2) is 10.9. The van der Waals surface area contributed by atoms with Gasteiger partial charge in [0, 0.05) is 56.3 Å². The van der Waals surface area contributed by atoms with Crippen molar-refractivity contribution in [1.29, 1.82) is 0 Å². The van der Waals surface area contributed by atoms with Crippen molar-refractivity contribution in [3.63, 3.8) is 0 Å². The zero-order valence-corrected chi connectivity index (χ0v) is 23.1. The van der Waals surface area contributed by atoms with Crippen molar-refractivity contribution >= 4 is 5.69 Å². The standard InChI is InChI=1S/C33H43N3O/c1-24-25(2)32-30(26(3)31(24)34)22-33(4,37-32)23-36-20-18-35(19-21-36)17-11-16-29(27-12-7-5-8-13-27)28-14-9-6-10-15-28/h5-10,12-15,29H,11,16-23,34H2,1-4H3. The normalized spacial score (nSPS) is 20.2. The predicted octanol–water partition coefficient (Wildman–Crippen LogP) is 6.12. The summed E-state index contributed by atoms with van der Waals surface area (Å²) in [5.41, 5.74) is 14.9. The number of nitrogen functional groups attached to an aromatic ring is 1. The molecule has 2 N–H and O–H groups in total. The van der Waals surface area contributed by atoms with Gasteiger partial charge in [0.25, 0.3) is 0 Å². The Kier molecular flexibility index (Phi) is 7.60. The number of nitrogens with zero attached hydrogens (tertiary/aromatic N) is 2. The highest BCUT2D eigenvalue weighted by atomic mass is 16.5. The topological polar surface area (TPSA) is 41.7 Å². The van der Waals surface area contributed by atoms with Gasteiger partial charge in [-0.05, 0) is 74.9 Å². The van der Waals surface area contributed by atoms with Gasteiger partial charge in [0.05, 0.1) is 0 Å². The van der Waals surface area contributed by atoms with E-state index in [1.54, 1.807) is 0 Å². The fourth-order valence-electron chi connectivity index (χ4n) is 6.37. The van der Waals surface area contributed by atoms with Crippen LogP contribution >= 0.6 is 0 Å². The fourth-order valence-corrected chi connectivity index (χ4v) is 6.37. The lowest BCUT2D eigenvalue weighted by Crippen LogP contribution is -2.52. The third kappa shape index (κ3) is 5.56. The molecule has 2 aliphatic rings. The van der Waals surface area contributed by atoms with Crippen LogP contribution in [0.15, 0.2) is 60.7 Å². The second-order valence-electron chi connectivity index (χ2n) is 11.5. The molecule has 0 spiro atoms. The van der Waals surface area contributed by atoms with E-state index in [0.29, 0.717) is 5.92 Å². The molecule has 3 aromatic rings. The lowest BCUT2D eigenvalue weighted by Gasteiger charge is -2.38. The minimum absolute atomic E-state index is 0.182. The van der Waals surface area contributed by atoms with E-state index in [1.165, 1.54) is 47.2 Å². The molecular formula is C33H43N3O. The van der Waals surface area contributed by atoms with E-state index in [0.717, 1.165) is 56.1 Å². The van der Waals surface area contributed by atoms with Crippen molar-refractivity contribution in [2.24, 2.45) is 0 Å². The van der Waals surface area contributed by atoms with E-state index in [1.807, 2.05) is 0 Å². The van der Waals surface area contributed by atoms with Gasteiger partial charge in [0.1, 0.15) is 11.4 Å². The first-order valence-corrected chi connectivity index (χ1v) is 14.0. The number of piperazine rings is 1. The average molecular weight is 498 g/mol. The summed E-state index contributed by atoms with van der Waals surface area (Å²) in [5, 5.41) is 0. The quantitative estimate of drug-likeness (QED) is 0.381. The van der Waals surface area contributed by atoms with Gasteiger partial charge in [0.15, 0.2) is 0 Å². The molecule has 1 unspecified atom stereocenters. The van der Waals surface area contributed by atoms with E-state index in [2.05, 4.69) is 98.2 Å². The number of fused-ring (bicyclic) bond motifs is 1. The number of anilines is 1. The number of rotatable bonds is 8. The first-order chi connectivity index (χ1) is 17.8. The Bertz CT molecular complexity index is 1120. The summed E-state index contributed by atoms with van der Waals surface area (Å²) >= 11 is 0. The molecule has 1 saturated heterocycles. The predicted molar refractivity (Wildman–Crippen MR) is 155 cm³/mol. The van der Waals surface area contributed by atoms with E-state index < -0.39 is 0 Å². The van der Waals surface area contributed by atoms with Crippen molar-refractivity contribution < 1.29 is 4.74 Å². The van der Waals surface area contributed by atoms with Crippen LogP contribution in [0, 0.1) is 20.8 Å². The highest BCUT2D eigenvalue weighted by Gasteiger charge is 2.39. The zero-order chi connectivity index (χ0) is 26.0. The van der Waals surface area contributed by atoms with E-state index in [4.69, 9.17) is 10.5 Å². The largest absolute Gasteiger partial charge is 0.485 e. The van der Waals surface area contributed by atoms with Gasteiger partial charge in [0.2, 0.25) is 0 Å². The highest BCUT2D eigenvalue weighted by molar-refractivity contribution is 5.66. The highest BCUT2D eigenvalue weighted by Crippen LogP contribution is 2.44. The first kappa shape index (κ1) is 25.8. The van der Waals surface area contributed by atoms with Gasteiger partial charge in [-0.15, -0.1) is 0 Å². The summed E-state index contributed by atoms with van der Waals surface area (Å²) in [7, 11) is 0. The molecule has 37 heavy (non-hydrogen) atoms. The summed E-state index contributed by atoms with van der Waals surface area (Å²) in [4.78, 5) is 5.24. The molecule has 4 heteroatoms. The fraction of sp³-hybridized carbons (Fsp3) is 0.455. The summed E-state index contributed by atoms with van der Waals surface area (Å²) < 4.78 is 6.64. The minimum atomic E-state index is -0.182. The molecule has 0 aliphatic carbocycles. The molecule has 0 amide bonds. The molecule has 0 bridgehead atoms. The second-order valence-corrected chi connectivity index (χ2v) is 11.5. The molecule has 2 heterocycles. The van der Waals surface area contributed by atoms with Gasteiger partial charge in [-0.25, -0.2) is 0 Å². The van der Waals surface area contributed by atoms with Crippen molar-refractivity contribution in [1.82, 2.24) is 9.80 Å². The number of hydrogen-bond donors (Lipinski definition) is 1. The van der Waals surface area contributed by atoms with Crippen molar-refractivity contribution in [2.45, 2.75) is 58.5 Å². The number of benzene rings is 3. The van der Waals surface area contributed by atoms with Crippen LogP contribution in [0.1, 0.15) is 59.1 Å². The van der Waals surface area contributed by atoms with E-state index >= 15 is 0 Å². The molecule has 1 fully saturated rings. The lowest BCUT2D eigenvalue weighted by molar-refractivity contribution is 0.0376. The Morgan fingerprint density at radius 2 is 1.38 bits per heavy atom. The summed E-state index contributed by atoms with van der Waals surface area (Å²) in [6.45, 7) is 15.3. The summed E-state index contributed by atoms with van der Waals surface area (Å²) in [5.74, 6) is 1.55. The molecule has 0 saturated carbocycles. The number of hydrogen-bond acceptors (Lipinski definition) is 4. The van der Waals surface area contributed by atoms with Crippen LogP contribution in [-0.2, 0) is 6.42 Å². The molecule has 0 aromatic heterocycles. The van der Waals surface area contributed by atoms with Gasteiger partial charge >= 0.3 is 0 Å². The third-order valence-electron chi connectivity index (χ3n) is 8.73. The molecule has 5 rings (SSSR count). The van der Waals surface area contributed by atoms with Crippen LogP contribution in [0.5, 0.6) is 5.75 Å². The van der Waals surface area contributed by atoms with Crippen LogP contribution in [0.25, 0.3) is 0 Å². The van der Waals surface area contributed by atoms with Crippen molar-refractivity contribution in [2.75, 3.05) is 45.0 Å². The first-order valence-electron chi connectivity index (χ1n) is 14.0. The maximum Gasteiger partial charge on any atom is 0.127 e. The number of ether oxygens (including phenoxy) is 1. The van der Waals surface area contributed by atoms with Crippen LogP contribution < -0.4 is 10.5 Å². The summed E-state index contributed by atoms with van der Waals surface area (Å²) in [6.07, 6.45) is 3.34. The third-order valence-corrected chi connectivity index (χ3v) is 8.73. The summed E-state index contributed by atoms with van der Waals surface area (Å²) in [6, 6.07) is 22.0. The molecule has 196 valence electrons. The Morgan fingerprint density at radius 1 is 0.811 bits per heavy atom. The maximum atomic E-state index is 6.64. The van der Waals surface area contributed by atoms with E-state index in [-0.39, 0.29) is 5.60 Å². The number of nitrogens with two attached hydrogens (primary N) is 1. The Balaban J connectivity index is 1.13. The van der Waals surface area contributed by atoms with Gasteiger partial charge in [-0.3, -0.25) is 4.90 Å². The van der Waals surface area contributed by atoms with Crippen LogP contribution in [0.2, 0.25) is 0 Å². The molecular weight excluding hydrogens is 454 g/mol. The Morgan fingerprint density at radius 3 is 1.97 bits per heavy atom. The van der Waals surface area contributed by atoms with Gasteiger partial charge < -0.3 is 15.4 Å². The van der Waals surface area contributed by atoms with Crippen LogP contribution in [0.3, 0.4) is 0 Å². The van der Waals surface area contributed by atoms with Gasteiger partial charge in [-0.2, -0.15) is 0 Å². The molecule has 0 radical (unpaired) electrons. The maximum absolute atomic E-state index is 6.64. The molecule has 1 atom stereocenters. The Labute approximate surface area is 223 Å². The van der Waals surface area contributed by atoms with Crippen molar-refractivity contribution in [3.05, 3.63) is 94.0 Å². The molecule has 4 nitrogen and oxygen atoms in total. The molecule has 2 aliphatic heterocycles. The monoisotopic (exact) mass is 497 g/mol. The van der Waals surface area contributed by atoms with E-state index in [9.17, 15) is 0 Å². The average Bonchev–Trinajstić information content (AvgIpc) is 3.28. The van der Waals surface area contributed by atoms with Crippen LogP contribution in [-0.4, -0.2) is 54.7 Å². The van der Waals surface area contributed by atoms with Crippen LogP contribution in [0.4, 0.5) is 5.69 Å². The smallest absolute Gasteiger partial charge is 0.127 e. The lowest BCUT2D eigenvalue weighted by atomic mass is 9.87. The van der Waals surface area contributed by atoms with Crippen molar-refractivity contribution in [3.8, 4) is 5.75 Å². The molecule has 3 aromatic carbocycles. The van der Waals surface area contributed by atoms with Gasteiger partial charge in [-0.1, -0.05) is 60.7 Å². The Hall–Kier alpha value is -2.82. The SMILES string of the molecule is Cc1c(C)c2c(c(C)c1N)CC(C)(CN1CCN(CCCC(c3ccccc3)c3ccccc3)CC1)O2. The zero-order valence-electron chi connectivity index (χ0n) is 23.1.